The molecular formula is C8H11N5O3. The van der Waals surface area contributed by atoms with Gasteiger partial charge in [0.2, 0.25) is 11.6 Å². The Morgan fingerprint density at radius 2 is 2.31 bits per heavy atom. The zero-order valence-electron chi connectivity index (χ0n) is 8.32. The Morgan fingerprint density at radius 3 is 3.06 bits per heavy atom. The first-order valence-electron chi connectivity index (χ1n) is 4.58. The van der Waals surface area contributed by atoms with Crippen LogP contribution < -0.4 is 10.6 Å². The van der Waals surface area contributed by atoms with E-state index in [0.29, 0.717) is 11.2 Å². The topological polar surface area (TPSA) is 119 Å². The highest BCUT2D eigenvalue weighted by molar-refractivity contribution is 5.70. The van der Waals surface area contributed by atoms with Crippen molar-refractivity contribution in [2.24, 2.45) is 0 Å². The predicted octanol–water partition coefficient (Wildman–Crippen LogP) is -1.81. The van der Waals surface area contributed by atoms with Gasteiger partial charge in [0.15, 0.2) is 0 Å². The third-order valence-electron chi connectivity index (χ3n) is 1.90. The second-order valence-corrected chi connectivity index (χ2v) is 3.14. The third-order valence-corrected chi connectivity index (χ3v) is 1.90. The lowest BCUT2D eigenvalue weighted by Crippen LogP contribution is -2.26. The van der Waals surface area contributed by atoms with Crippen molar-refractivity contribution in [2.75, 3.05) is 18.9 Å². The van der Waals surface area contributed by atoms with Gasteiger partial charge < -0.3 is 20.8 Å². The average molecular weight is 225 g/mol. The molecule has 1 atom stereocenters. The lowest BCUT2D eigenvalue weighted by Gasteiger charge is -2.09. The van der Waals surface area contributed by atoms with Crippen LogP contribution in [0.3, 0.4) is 0 Å². The molecular weight excluding hydrogens is 214 g/mol. The molecule has 2 heterocycles. The molecule has 0 fully saturated rings. The van der Waals surface area contributed by atoms with E-state index in [1.807, 2.05) is 0 Å². The zero-order valence-corrected chi connectivity index (χ0v) is 8.32. The number of nitrogens with two attached hydrogens (primary N) is 1. The molecule has 0 bridgehead atoms. The van der Waals surface area contributed by atoms with Crippen LogP contribution in [0.15, 0.2) is 12.5 Å². The van der Waals surface area contributed by atoms with Gasteiger partial charge >= 0.3 is 0 Å². The highest BCUT2D eigenvalue weighted by Crippen LogP contribution is 2.08. The number of anilines is 1. The summed E-state index contributed by atoms with van der Waals surface area (Å²) in [4.78, 5) is 16.9. The number of nitrogens with zero attached hydrogens (tertiary/aromatic N) is 4. The lowest BCUT2D eigenvalue weighted by atomic mass is 10.4. The van der Waals surface area contributed by atoms with Gasteiger partial charge in [-0.25, -0.2) is 9.97 Å². The minimum absolute atomic E-state index is 0.0636. The smallest absolute Gasteiger partial charge is 0.222 e. The molecule has 8 heteroatoms. The van der Waals surface area contributed by atoms with Crippen molar-refractivity contribution in [1.29, 1.82) is 0 Å². The maximum absolute atomic E-state index is 9.12. The molecule has 0 saturated carbocycles. The molecule has 86 valence electrons. The van der Waals surface area contributed by atoms with Crippen LogP contribution >= 0.6 is 0 Å². The van der Waals surface area contributed by atoms with E-state index >= 15 is 0 Å². The molecule has 0 radical (unpaired) electrons. The van der Waals surface area contributed by atoms with Gasteiger partial charge in [-0.15, -0.1) is 0 Å². The van der Waals surface area contributed by atoms with E-state index in [1.165, 1.54) is 17.3 Å². The molecule has 2 aromatic rings. The van der Waals surface area contributed by atoms with Crippen molar-refractivity contribution >= 4 is 17.1 Å². The van der Waals surface area contributed by atoms with E-state index in [-0.39, 0.29) is 19.2 Å². The second-order valence-electron chi connectivity index (χ2n) is 3.14. The molecule has 2 rings (SSSR count). The number of nitrogen functional groups attached to an aromatic ring is 1. The molecule has 0 saturated heterocycles. The van der Waals surface area contributed by atoms with Crippen LogP contribution in [0.5, 0.6) is 0 Å². The van der Waals surface area contributed by atoms with Gasteiger partial charge in [-0.3, -0.25) is 0 Å². The molecule has 0 aliphatic carbocycles. The Morgan fingerprint density at radius 1 is 1.50 bits per heavy atom. The van der Waals surface area contributed by atoms with Gasteiger partial charge in [-0.2, -0.15) is 9.71 Å². The molecule has 2 aromatic heterocycles. The first-order valence-corrected chi connectivity index (χ1v) is 4.58. The summed E-state index contributed by atoms with van der Waals surface area (Å²) in [5.41, 5.74) is 6.38. The van der Waals surface area contributed by atoms with Crippen LogP contribution in [-0.4, -0.2) is 49.2 Å². The molecule has 0 aliphatic heterocycles. The Bertz CT molecular complexity index is 485. The monoisotopic (exact) mass is 225 g/mol. The van der Waals surface area contributed by atoms with Crippen molar-refractivity contribution in [3.63, 3.8) is 0 Å². The predicted molar refractivity (Wildman–Crippen MR) is 54.3 cm³/mol. The standard InChI is InChI=1S/C8H11N5O3/c9-8-10-1-6-7(12-8)13(4-11-6)16-3-5(15)2-14/h1,4-5,14-15H,2-3H2,(H2,9,10,12). The normalized spacial score (nSPS) is 12.9. The van der Waals surface area contributed by atoms with E-state index in [9.17, 15) is 0 Å². The van der Waals surface area contributed by atoms with Crippen LogP contribution in [-0.2, 0) is 0 Å². The van der Waals surface area contributed by atoms with Crippen LogP contribution in [0, 0.1) is 0 Å². The van der Waals surface area contributed by atoms with Crippen LogP contribution in [0.1, 0.15) is 0 Å². The number of imidazole rings is 1. The Kier molecular flexibility index (Phi) is 2.84. The Balaban J connectivity index is 2.21. The minimum atomic E-state index is -0.948. The fourth-order valence-corrected chi connectivity index (χ4v) is 1.12. The third kappa shape index (κ3) is 2.02. The largest absolute Gasteiger partial charge is 0.408 e. The van der Waals surface area contributed by atoms with Gasteiger partial charge in [-0.1, -0.05) is 0 Å². The van der Waals surface area contributed by atoms with Crippen LogP contribution in [0.4, 0.5) is 5.95 Å². The van der Waals surface area contributed by atoms with Crippen molar-refractivity contribution in [3.8, 4) is 0 Å². The maximum atomic E-state index is 9.12. The summed E-state index contributed by atoms with van der Waals surface area (Å²) in [5, 5.41) is 17.7. The van der Waals surface area contributed by atoms with Crippen molar-refractivity contribution < 1.29 is 15.1 Å². The maximum Gasteiger partial charge on any atom is 0.222 e. The highest BCUT2D eigenvalue weighted by atomic mass is 16.7. The number of rotatable bonds is 4. The number of aliphatic hydroxyl groups is 2. The Hall–Kier alpha value is -1.93. The van der Waals surface area contributed by atoms with E-state index in [1.54, 1.807) is 0 Å². The molecule has 1 unspecified atom stereocenters. The number of fused-ring (bicyclic) bond motifs is 1. The van der Waals surface area contributed by atoms with Crippen molar-refractivity contribution in [1.82, 2.24) is 19.7 Å². The summed E-state index contributed by atoms with van der Waals surface area (Å²) < 4.78 is 1.27. The minimum Gasteiger partial charge on any atom is -0.408 e. The van der Waals surface area contributed by atoms with E-state index in [2.05, 4.69) is 15.0 Å². The van der Waals surface area contributed by atoms with E-state index in [0.717, 1.165) is 0 Å². The average Bonchev–Trinajstić information content (AvgIpc) is 2.68. The van der Waals surface area contributed by atoms with Crippen molar-refractivity contribution in [3.05, 3.63) is 12.5 Å². The first-order chi connectivity index (χ1) is 7.70. The quantitative estimate of drug-likeness (QED) is 0.561. The molecule has 0 spiro atoms. The first kappa shape index (κ1) is 10.6. The van der Waals surface area contributed by atoms with Gasteiger partial charge in [0.05, 0.1) is 12.8 Å². The fraction of sp³-hybridized carbons (Fsp3) is 0.375. The molecule has 8 nitrogen and oxygen atoms in total. The summed E-state index contributed by atoms with van der Waals surface area (Å²) >= 11 is 0. The second kappa shape index (κ2) is 4.29. The van der Waals surface area contributed by atoms with Crippen LogP contribution in [0.25, 0.3) is 11.2 Å². The number of aliphatic hydroxyl groups excluding tert-OH is 2. The molecule has 0 amide bonds. The lowest BCUT2D eigenvalue weighted by molar-refractivity contribution is 0.00239. The van der Waals surface area contributed by atoms with Gasteiger partial charge in [0.1, 0.15) is 24.6 Å². The highest BCUT2D eigenvalue weighted by Gasteiger charge is 2.08. The summed E-state index contributed by atoms with van der Waals surface area (Å²) in [7, 11) is 0. The number of aromatic nitrogens is 4. The van der Waals surface area contributed by atoms with Gasteiger partial charge in [0.25, 0.3) is 0 Å². The van der Waals surface area contributed by atoms with Crippen molar-refractivity contribution in [2.45, 2.75) is 6.10 Å². The molecule has 0 aromatic carbocycles. The summed E-state index contributed by atoms with van der Waals surface area (Å²) in [6.45, 7) is -0.435. The molecule has 0 aliphatic rings. The molecule has 16 heavy (non-hydrogen) atoms. The fourth-order valence-electron chi connectivity index (χ4n) is 1.12. The van der Waals surface area contributed by atoms with E-state index in [4.69, 9.17) is 20.8 Å². The Labute approximate surface area is 90.3 Å². The van der Waals surface area contributed by atoms with Gasteiger partial charge in [-0.05, 0) is 0 Å². The molecule has 4 N–H and O–H groups in total. The van der Waals surface area contributed by atoms with Gasteiger partial charge in [0, 0.05) is 0 Å². The number of hydrogen-bond donors (Lipinski definition) is 3. The van der Waals surface area contributed by atoms with Crippen LogP contribution in [0.2, 0.25) is 0 Å². The zero-order chi connectivity index (χ0) is 11.5. The van der Waals surface area contributed by atoms with E-state index < -0.39 is 6.10 Å². The summed E-state index contributed by atoms with van der Waals surface area (Å²) in [5.74, 6) is 0.112. The number of hydrogen-bond acceptors (Lipinski definition) is 7. The summed E-state index contributed by atoms with van der Waals surface area (Å²) in [6, 6.07) is 0. The SMILES string of the molecule is Nc1ncc2ncn(OCC(O)CO)c2n1. The summed E-state index contributed by atoms with van der Waals surface area (Å²) in [6.07, 6.45) is 1.92.